The average Bonchev–Trinajstić information content (AvgIpc) is 3.08. The first-order valence-electron chi connectivity index (χ1n) is 7.46. The standard InChI is InChI=1S/C14H27N5/c1-5-14(6-2,19-9-7-8-10-19)13(15-3)12-11-16-17-18(12)4/h11,13,15H,5-10H2,1-4H3. The summed E-state index contributed by atoms with van der Waals surface area (Å²) in [6.07, 6.45) is 6.82. The van der Waals surface area contributed by atoms with Crippen LogP contribution in [-0.2, 0) is 7.05 Å². The summed E-state index contributed by atoms with van der Waals surface area (Å²) in [5.74, 6) is 0. The Kier molecular flexibility index (Phi) is 4.58. The van der Waals surface area contributed by atoms with E-state index in [0.717, 1.165) is 12.8 Å². The molecule has 0 saturated carbocycles. The lowest BCUT2D eigenvalue weighted by Gasteiger charge is -2.46. The number of rotatable bonds is 6. The van der Waals surface area contributed by atoms with Gasteiger partial charge in [-0.1, -0.05) is 19.1 Å². The molecule has 1 aliphatic heterocycles. The van der Waals surface area contributed by atoms with Gasteiger partial charge in [-0.15, -0.1) is 5.10 Å². The Balaban J connectivity index is 2.37. The number of hydrogen-bond acceptors (Lipinski definition) is 4. The van der Waals surface area contributed by atoms with Crippen LogP contribution in [0.4, 0.5) is 0 Å². The van der Waals surface area contributed by atoms with E-state index in [0.29, 0.717) is 0 Å². The first-order valence-corrected chi connectivity index (χ1v) is 7.46. The van der Waals surface area contributed by atoms with Gasteiger partial charge in [0.2, 0.25) is 0 Å². The third kappa shape index (κ3) is 2.41. The van der Waals surface area contributed by atoms with E-state index in [4.69, 9.17) is 0 Å². The van der Waals surface area contributed by atoms with Gasteiger partial charge >= 0.3 is 0 Å². The Labute approximate surface area is 116 Å². The highest BCUT2D eigenvalue weighted by Crippen LogP contribution is 2.38. The van der Waals surface area contributed by atoms with Crippen molar-refractivity contribution in [1.82, 2.24) is 25.2 Å². The summed E-state index contributed by atoms with van der Waals surface area (Å²) in [4.78, 5) is 2.67. The largest absolute Gasteiger partial charge is 0.310 e. The molecule has 5 nitrogen and oxygen atoms in total. The highest BCUT2D eigenvalue weighted by Gasteiger charge is 2.43. The number of hydrogen-bond donors (Lipinski definition) is 1. The zero-order chi connectivity index (χ0) is 13.9. The van der Waals surface area contributed by atoms with Crippen LogP contribution in [0.25, 0.3) is 0 Å². The van der Waals surface area contributed by atoms with E-state index in [1.54, 1.807) is 0 Å². The van der Waals surface area contributed by atoms with Crippen molar-refractivity contribution in [3.05, 3.63) is 11.9 Å². The zero-order valence-corrected chi connectivity index (χ0v) is 12.7. The van der Waals surface area contributed by atoms with Crippen molar-refractivity contribution in [2.45, 2.75) is 51.1 Å². The molecule has 0 spiro atoms. The van der Waals surface area contributed by atoms with Crippen molar-refractivity contribution in [3.8, 4) is 0 Å². The molecule has 1 aromatic heterocycles. The van der Waals surface area contributed by atoms with Gasteiger partial charge in [0.1, 0.15) is 0 Å². The van der Waals surface area contributed by atoms with Crippen LogP contribution in [0.1, 0.15) is 51.3 Å². The van der Waals surface area contributed by atoms with Crippen LogP contribution < -0.4 is 5.32 Å². The maximum atomic E-state index is 4.10. The minimum atomic E-state index is 0.167. The summed E-state index contributed by atoms with van der Waals surface area (Å²) in [5.41, 5.74) is 1.35. The molecule has 2 heterocycles. The molecule has 1 atom stereocenters. The second-order valence-corrected chi connectivity index (χ2v) is 5.51. The molecule has 0 aliphatic carbocycles. The summed E-state index contributed by atoms with van der Waals surface area (Å²) >= 11 is 0. The third-order valence-corrected chi connectivity index (χ3v) is 4.83. The Bertz CT molecular complexity index is 390. The summed E-state index contributed by atoms with van der Waals surface area (Å²) in [6.45, 7) is 7.03. The van der Waals surface area contributed by atoms with Crippen molar-refractivity contribution < 1.29 is 0 Å². The predicted molar refractivity (Wildman–Crippen MR) is 76.9 cm³/mol. The SMILES string of the molecule is CCC(CC)(C(NC)c1cnnn1C)N1CCCC1. The Morgan fingerprint density at radius 2 is 1.95 bits per heavy atom. The van der Waals surface area contributed by atoms with Crippen LogP contribution in [0.5, 0.6) is 0 Å². The number of aromatic nitrogens is 3. The second-order valence-electron chi connectivity index (χ2n) is 5.51. The number of likely N-dealkylation sites (tertiary alicyclic amines) is 1. The molecule has 1 N–H and O–H groups in total. The molecule has 0 bridgehead atoms. The van der Waals surface area contributed by atoms with E-state index in [-0.39, 0.29) is 11.6 Å². The van der Waals surface area contributed by atoms with Crippen molar-refractivity contribution >= 4 is 0 Å². The van der Waals surface area contributed by atoms with Gasteiger partial charge in [-0.2, -0.15) is 0 Å². The van der Waals surface area contributed by atoms with Crippen molar-refractivity contribution in [2.75, 3.05) is 20.1 Å². The number of likely N-dealkylation sites (N-methyl/N-ethyl adjacent to an activating group) is 1. The molecule has 1 unspecified atom stereocenters. The summed E-state index contributed by atoms with van der Waals surface area (Å²) in [5, 5.41) is 11.7. The van der Waals surface area contributed by atoms with Crippen molar-refractivity contribution in [2.24, 2.45) is 7.05 Å². The topological polar surface area (TPSA) is 46.0 Å². The molecule has 0 radical (unpaired) electrons. The van der Waals surface area contributed by atoms with Crippen LogP contribution in [0.3, 0.4) is 0 Å². The van der Waals surface area contributed by atoms with Gasteiger partial charge in [0.15, 0.2) is 0 Å². The van der Waals surface area contributed by atoms with Gasteiger partial charge in [0, 0.05) is 12.6 Å². The molecular formula is C14H27N5. The molecule has 19 heavy (non-hydrogen) atoms. The molecule has 108 valence electrons. The number of nitrogens with zero attached hydrogens (tertiary/aromatic N) is 4. The molecular weight excluding hydrogens is 238 g/mol. The molecule has 0 amide bonds. The van der Waals surface area contributed by atoms with E-state index in [9.17, 15) is 0 Å². The molecule has 2 rings (SSSR count). The Morgan fingerprint density at radius 3 is 2.37 bits per heavy atom. The molecule has 0 aromatic carbocycles. The maximum absolute atomic E-state index is 4.10. The maximum Gasteiger partial charge on any atom is 0.0772 e. The van der Waals surface area contributed by atoms with Gasteiger partial charge < -0.3 is 5.32 Å². The molecule has 1 fully saturated rings. The fraction of sp³-hybridized carbons (Fsp3) is 0.857. The van der Waals surface area contributed by atoms with E-state index >= 15 is 0 Å². The first-order chi connectivity index (χ1) is 9.19. The van der Waals surface area contributed by atoms with Crippen LogP contribution in [0, 0.1) is 0 Å². The summed E-state index contributed by atoms with van der Waals surface area (Å²) in [7, 11) is 4.03. The highest BCUT2D eigenvalue weighted by molar-refractivity contribution is 5.13. The zero-order valence-electron chi connectivity index (χ0n) is 12.7. The summed E-state index contributed by atoms with van der Waals surface area (Å²) < 4.78 is 1.90. The van der Waals surface area contributed by atoms with E-state index in [2.05, 4.69) is 34.4 Å². The van der Waals surface area contributed by atoms with Crippen LogP contribution in [0.15, 0.2) is 6.20 Å². The summed E-state index contributed by atoms with van der Waals surface area (Å²) in [6, 6.07) is 0.278. The lowest BCUT2D eigenvalue weighted by atomic mass is 9.81. The minimum absolute atomic E-state index is 0.167. The highest BCUT2D eigenvalue weighted by atomic mass is 15.4. The predicted octanol–water partition coefficient (Wildman–Crippen LogP) is 1.73. The molecule has 1 aliphatic rings. The second kappa shape index (κ2) is 6.01. The van der Waals surface area contributed by atoms with E-state index < -0.39 is 0 Å². The smallest absolute Gasteiger partial charge is 0.0772 e. The van der Waals surface area contributed by atoms with Crippen molar-refractivity contribution in [1.29, 1.82) is 0 Å². The van der Waals surface area contributed by atoms with Crippen LogP contribution >= 0.6 is 0 Å². The van der Waals surface area contributed by atoms with Gasteiger partial charge in [0.05, 0.1) is 17.9 Å². The van der Waals surface area contributed by atoms with Gasteiger partial charge in [-0.25, -0.2) is 0 Å². The minimum Gasteiger partial charge on any atom is -0.310 e. The fourth-order valence-electron chi connectivity index (χ4n) is 3.70. The van der Waals surface area contributed by atoms with Gasteiger partial charge in [-0.3, -0.25) is 9.58 Å². The fourth-order valence-corrected chi connectivity index (χ4v) is 3.70. The number of nitrogens with one attached hydrogen (secondary N) is 1. The lowest BCUT2D eigenvalue weighted by Crippen LogP contribution is -2.55. The third-order valence-electron chi connectivity index (χ3n) is 4.83. The van der Waals surface area contributed by atoms with E-state index in [1.807, 2.05) is 25.0 Å². The van der Waals surface area contributed by atoms with Crippen LogP contribution in [0.2, 0.25) is 0 Å². The normalized spacial score (nSPS) is 18.9. The van der Waals surface area contributed by atoms with Gasteiger partial charge in [-0.05, 0) is 45.8 Å². The Morgan fingerprint density at radius 1 is 1.32 bits per heavy atom. The monoisotopic (exact) mass is 265 g/mol. The molecule has 5 heteroatoms. The molecule has 1 saturated heterocycles. The molecule has 1 aromatic rings. The first kappa shape index (κ1) is 14.5. The van der Waals surface area contributed by atoms with E-state index in [1.165, 1.54) is 31.6 Å². The van der Waals surface area contributed by atoms with Crippen LogP contribution in [-0.4, -0.2) is 45.6 Å². The van der Waals surface area contributed by atoms with Gasteiger partial charge in [0.25, 0.3) is 0 Å². The van der Waals surface area contributed by atoms with Crippen molar-refractivity contribution in [3.63, 3.8) is 0 Å². The lowest BCUT2D eigenvalue weighted by molar-refractivity contribution is 0.0616. The Hall–Kier alpha value is -0.940. The number of aryl methyl sites for hydroxylation is 1. The average molecular weight is 265 g/mol. The quantitative estimate of drug-likeness (QED) is 0.851.